The quantitative estimate of drug-likeness (QED) is 0.849. The fourth-order valence-electron chi connectivity index (χ4n) is 1.85. The Hall–Kier alpha value is -1.36. The van der Waals surface area contributed by atoms with Crippen LogP contribution in [0.25, 0.3) is 0 Å². The molecule has 1 aromatic heterocycles. The van der Waals surface area contributed by atoms with Gasteiger partial charge in [-0.1, -0.05) is 0 Å². The molecule has 2 N–H and O–H groups in total. The molecule has 0 aromatic carbocycles. The molecule has 2 rings (SSSR count). The molecular weight excluding hydrogens is 236 g/mol. The maximum Gasteiger partial charge on any atom is 0.225 e. The molecule has 1 fully saturated rings. The van der Waals surface area contributed by atoms with Crippen LogP contribution in [0.5, 0.6) is 0 Å². The highest BCUT2D eigenvalue weighted by atomic mass is 32.1. The average molecular weight is 252 g/mol. The molecular formula is C12H16N2O2S. The van der Waals surface area contributed by atoms with E-state index in [0.29, 0.717) is 25.9 Å². The molecule has 92 valence electrons. The van der Waals surface area contributed by atoms with Gasteiger partial charge in [-0.25, -0.2) is 0 Å². The molecule has 2 amide bonds. The first-order chi connectivity index (χ1) is 8.16. The maximum absolute atomic E-state index is 11.9. The van der Waals surface area contributed by atoms with Gasteiger partial charge in [-0.15, -0.1) is 0 Å². The second-order valence-electron chi connectivity index (χ2n) is 4.34. The third-order valence-corrected chi connectivity index (χ3v) is 3.96. The van der Waals surface area contributed by atoms with Crippen molar-refractivity contribution in [3.63, 3.8) is 0 Å². The number of nitrogens with one attached hydrogen (secondary N) is 2. The topological polar surface area (TPSA) is 58.2 Å². The van der Waals surface area contributed by atoms with Gasteiger partial charge < -0.3 is 10.6 Å². The first-order valence-electron chi connectivity index (χ1n) is 5.73. The van der Waals surface area contributed by atoms with Gasteiger partial charge in [0.1, 0.15) is 0 Å². The summed E-state index contributed by atoms with van der Waals surface area (Å²) in [5, 5.41) is 9.77. The highest BCUT2D eigenvalue weighted by Gasteiger charge is 2.24. The molecule has 1 aliphatic rings. The molecule has 0 saturated carbocycles. The van der Waals surface area contributed by atoms with Crippen molar-refractivity contribution in [3.8, 4) is 0 Å². The van der Waals surface area contributed by atoms with E-state index in [9.17, 15) is 9.59 Å². The highest BCUT2D eigenvalue weighted by Crippen LogP contribution is 2.14. The van der Waals surface area contributed by atoms with E-state index in [4.69, 9.17) is 0 Å². The number of carbonyl (C=O) groups excluding carboxylic acids is 2. The predicted octanol–water partition coefficient (Wildman–Crippen LogP) is 1.20. The van der Waals surface area contributed by atoms with Gasteiger partial charge in [-0.3, -0.25) is 9.59 Å². The van der Waals surface area contributed by atoms with E-state index in [0.717, 1.165) is 0 Å². The zero-order chi connectivity index (χ0) is 12.3. The minimum absolute atomic E-state index is 0.0376. The molecule has 0 bridgehead atoms. The molecule has 1 aromatic rings. The third-order valence-electron chi connectivity index (χ3n) is 3.05. The van der Waals surface area contributed by atoms with Gasteiger partial charge in [0, 0.05) is 19.5 Å². The van der Waals surface area contributed by atoms with Crippen LogP contribution >= 0.6 is 11.3 Å². The minimum Gasteiger partial charge on any atom is -0.355 e. The Morgan fingerprint density at radius 3 is 3.00 bits per heavy atom. The molecule has 17 heavy (non-hydrogen) atoms. The fraction of sp³-hybridized carbons (Fsp3) is 0.500. The van der Waals surface area contributed by atoms with Crippen molar-refractivity contribution in [1.29, 1.82) is 0 Å². The molecule has 0 radical (unpaired) electrons. The lowest BCUT2D eigenvalue weighted by Gasteiger charge is -2.21. The third kappa shape index (κ3) is 3.06. The van der Waals surface area contributed by atoms with E-state index in [1.165, 1.54) is 11.1 Å². The van der Waals surface area contributed by atoms with Gasteiger partial charge in [0.2, 0.25) is 11.8 Å². The number of hydrogen-bond donors (Lipinski definition) is 2. The number of aryl methyl sites for hydroxylation is 1. The van der Waals surface area contributed by atoms with Crippen LogP contribution in [0.4, 0.5) is 0 Å². The number of amides is 2. The molecule has 1 aliphatic heterocycles. The number of piperidine rings is 1. The van der Waals surface area contributed by atoms with Crippen LogP contribution in [0.2, 0.25) is 0 Å². The maximum atomic E-state index is 11.9. The predicted molar refractivity (Wildman–Crippen MR) is 66.6 cm³/mol. The summed E-state index contributed by atoms with van der Waals surface area (Å²) in [7, 11) is 0. The minimum atomic E-state index is -0.0772. The summed E-state index contributed by atoms with van der Waals surface area (Å²) in [6, 6.07) is 0. The van der Waals surface area contributed by atoms with E-state index < -0.39 is 0 Å². The number of thiophene rings is 1. The summed E-state index contributed by atoms with van der Waals surface area (Å²) in [5.74, 6) is 0.00460. The Morgan fingerprint density at radius 1 is 1.59 bits per heavy atom. The Bertz CT molecular complexity index is 418. The largest absolute Gasteiger partial charge is 0.355 e. The molecule has 1 unspecified atom stereocenters. The molecule has 5 heteroatoms. The van der Waals surface area contributed by atoms with Crippen LogP contribution in [0.15, 0.2) is 10.8 Å². The fourth-order valence-corrected chi connectivity index (χ4v) is 2.71. The summed E-state index contributed by atoms with van der Waals surface area (Å²) < 4.78 is 0. The van der Waals surface area contributed by atoms with E-state index in [1.54, 1.807) is 11.3 Å². The Kier molecular flexibility index (Phi) is 3.78. The lowest BCUT2D eigenvalue weighted by Crippen LogP contribution is -2.42. The van der Waals surface area contributed by atoms with E-state index >= 15 is 0 Å². The molecule has 1 saturated heterocycles. The van der Waals surface area contributed by atoms with E-state index in [2.05, 4.69) is 21.4 Å². The van der Waals surface area contributed by atoms with Crippen LogP contribution in [-0.4, -0.2) is 18.4 Å². The van der Waals surface area contributed by atoms with Crippen molar-refractivity contribution in [2.24, 2.45) is 5.92 Å². The molecule has 2 heterocycles. The average Bonchev–Trinajstić information content (AvgIpc) is 2.73. The normalized spacial score (nSPS) is 19.8. The van der Waals surface area contributed by atoms with Crippen LogP contribution in [0.3, 0.4) is 0 Å². The van der Waals surface area contributed by atoms with Gasteiger partial charge >= 0.3 is 0 Å². The second kappa shape index (κ2) is 5.31. The van der Waals surface area contributed by atoms with Crippen molar-refractivity contribution in [3.05, 3.63) is 21.9 Å². The molecule has 0 aliphatic carbocycles. The number of hydrogen-bond acceptors (Lipinski definition) is 3. The zero-order valence-corrected chi connectivity index (χ0v) is 10.6. The van der Waals surface area contributed by atoms with Crippen LogP contribution < -0.4 is 10.6 Å². The number of rotatable bonds is 3. The van der Waals surface area contributed by atoms with Crippen molar-refractivity contribution >= 4 is 23.2 Å². The van der Waals surface area contributed by atoms with Crippen molar-refractivity contribution < 1.29 is 9.59 Å². The Morgan fingerprint density at radius 2 is 2.41 bits per heavy atom. The lowest BCUT2D eigenvalue weighted by atomic mass is 9.98. The van der Waals surface area contributed by atoms with Gasteiger partial charge in [0.15, 0.2) is 0 Å². The second-order valence-corrected chi connectivity index (χ2v) is 5.08. The SMILES string of the molecule is Cc1cscc1CNC(=O)C1CCC(=O)NC1. The zero-order valence-electron chi connectivity index (χ0n) is 9.79. The van der Waals surface area contributed by atoms with Crippen molar-refractivity contribution in [2.45, 2.75) is 26.3 Å². The Labute approximate surface area is 104 Å². The smallest absolute Gasteiger partial charge is 0.225 e. The summed E-state index contributed by atoms with van der Waals surface area (Å²) in [6.07, 6.45) is 1.11. The van der Waals surface area contributed by atoms with Gasteiger partial charge in [-0.2, -0.15) is 11.3 Å². The van der Waals surface area contributed by atoms with Gasteiger partial charge in [0.25, 0.3) is 0 Å². The monoisotopic (exact) mass is 252 g/mol. The number of carbonyl (C=O) groups is 2. The highest BCUT2D eigenvalue weighted by molar-refractivity contribution is 7.08. The van der Waals surface area contributed by atoms with Crippen LogP contribution in [-0.2, 0) is 16.1 Å². The molecule has 1 atom stereocenters. The standard InChI is InChI=1S/C12H16N2O2S/c1-8-6-17-7-10(8)5-14-12(16)9-2-3-11(15)13-4-9/h6-7,9H,2-5H2,1H3,(H,13,15)(H,14,16). The molecule has 4 nitrogen and oxygen atoms in total. The van der Waals surface area contributed by atoms with Gasteiger partial charge in [0.05, 0.1) is 5.92 Å². The van der Waals surface area contributed by atoms with Crippen LogP contribution in [0, 0.1) is 12.8 Å². The summed E-state index contributed by atoms with van der Waals surface area (Å²) >= 11 is 1.65. The van der Waals surface area contributed by atoms with E-state index in [1.807, 2.05) is 6.92 Å². The first kappa shape index (κ1) is 12.1. The molecule has 0 spiro atoms. The van der Waals surface area contributed by atoms with Crippen LogP contribution in [0.1, 0.15) is 24.0 Å². The lowest BCUT2D eigenvalue weighted by molar-refractivity contribution is -0.129. The first-order valence-corrected chi connectivity index (χ1v) is 6.67. The summed E-state index contributed by atoms with van der Waals surface area (Å²) in [4.78, 5) is 22.8. The summed E-state index contributed by atoms with van der Waals surface area (Å²) in [5.41, 5.74) is 2.38. The van der Waals surface area contributed by atoms with Gasteiger partial charge in [-0.05, 0) is 35.2 Å². The Balaban J connectivity index is 1.81. The van der Waals surface area contributed by atoms with E-state index in [-0.39, 0.29) is 17.7 Å². The van der Waals surface area contributed by atoms with Crippen molar-refractivity contribution in [1.82, 2.24) is 10.6 Å². The summed E-state index contributed by atoms with van der Waals surface area (Å²) in [6.45, 7) is 3.09. The van der Waals surface area contributed by atoms with Crippen molar-refractivity contribution in [2.75, 3.05) is 6.54 Å².